The van der Waals surface area contributed by atoms with Crippen LogP contribution in [0.3, 0.4) is 0 Å². The van der Waals surface area contributed by atoms with Crippen LogP contribution in [0, 0.1) is 5.41 Å². The minimum Gasteiger partial charge on any atom is -0.496 e. The van der Waals surface area contributed by atoms with Crippen LogP contribution in [0.25, 0.3) is 23.4 Å². The van der Waals surface area contributed by atoms with Gasteiger partial charge < -0.3 is 24.8 Å². The fraction of sp³-hybridized carbons (Fsp3) is 0.605. The summed E-state index contributed by atoms with van der Waals surface area (Å²) >= 11 is 0. The van der Waals surface area contributed by atoms with Gasteiger partial charge in [-0.3, -0.25) is 0 Å². The van der Waals surface area contributed by atoms with Crippen molar-refractivity contribution >= 4 is 12.2 Å². The molecule has 246 valence electrons. The topological polar surface area (TPSA) is 56.4 Å². The Bertz CT molecular complexity index is 1110. The number of rotatable bonds is 16. The highest BCUT2D eigenvalue weighted by molar-refractivity contribution is 5.76. The van der Waals surface area contributed by atoms with Crippen molar-refractivity contribution in [2.75, 3.05) is 47.4 Å². The maximum absolute atomic E-state index is 5.67. The molecule has 6 nitrogen and oxygen atoms in total. The number of ether oxygens (including phenoxy) is 1. The Morgan fingerprint density at radius 3 is 2.20 bits per heavy atom. The highest BCUT2D eigenvalue weighted by Crippen LogP contribution is 2.53. The molecule has 1 aliphatic heterocycles. The zero-order valence-corrected chi connectivity index (χ0v) is 29.0. The number of hydrogen-bond acceptors (Lipinski definition) is 5. The van der Waals surface area contributed by atoms with E-state index in [1.54, 1.807) is 13.3 Å². The Labute approximate surface area is 270 Å². The number of benzene rings is 1. The van der Waals surface area contributed by atoms with Crippen molar-refractivity contribution in [3.05, 3.63) is 60.8 Å². The molecular weight excluding hydrogens is 542 g/mol. The second kappa shape index (κ2) is 20.9. The third kappa shape index (κ3) is 12.9. The summed E-state index contributed by atoms with van der Waals surface area (Å²) in [5.41, 5.74) is 5.06. The molecule has 2 heterocycles. The number of nitrogens with one attached hydrogen (secondary N) is 2. The van der Waals surface area contributed by atoms with E-state index in [4.69, 9.17) is 4.74 Å². The molecule has 4 rings (SSSR count). The number of imidazole rings is 1. The Balaban J connectivity index is 0.000000392. The lowest BCUT2D eigenvalue weighted by atomic mass is 9.94. The lowest BCUT2D eigenvalue weighted by Gasteiger charge is -2.30. The number of aryl methyl sites for hydroxylation is 1. The van der Waals surface area contributed by atoms with E-state index in [0.717, 1.165) is 52.3 Å². The van der Waals surface area contributed by atoms with E-state index in [1.807, 2.05) is 25.4 Å². The first-order valence-corrected chi connectivity index (χ1v) is 17.2. The van der Waals surface area contributed by atoms with Crippen LogP contribution in [0.15, 0.2) is 43.9 Å². The molecule has 0 unspecified atom stereocenters. The molecule has 6 heteroatoms. The number of likely N-dealkylation sites (tertiary alicyclic amines) is 1. The van der Waals surface area contributed by atoms with E-state index in [0.29, 0.717) is 0 Å². The van der Waals surface area contributed by atoms with Gasteiger partial charge in [0, 0.05) is 32.6 Å². The number of piperidine rings is 1. The number of hydrogen-bond donors (Lipinski definition) is 2. The van der Waals surface area contributed by atoms with Crippen LogP contribution in [0.2, 0.25) is 0 Å². The molecule has 0 amide bonds. The summed E-state index contributed by atoms with van der Waals surface area (Å²) in [6.07, 6.45) is 25.8. The molecule has 0 atom stereocenters. The largest absolute Gasteiger partial charge is 0.496 e. The molecule has 44 heavy (non-hydrogen) atoms. The SMILES string of the molecule is C=CNC.C=Cc1cc(OC)c(-c2cnc(CCCCCCCCC)[nH]2)cc1/C=C\N(C)CC.CCN1CCC2(CC1)CC2. The van der Waals surface area contributed by atoms with Gasteiger partial charge in [-0.25, -0.2) is 4.98 Å². The summed E-state index contributed by atoms with van der Waals surface area (Å²) < 4.78 is 5.67. The molecule has 2 aliphatic rings. The van der Waals surface area contributed by atoms with Crippen LogP contribution in [0.1, 0.15) is 108 Å². The van der Waals surface area contributed by atoms with Gasteiger partial charge >= 0.3 is 0 Å². The number of unbranched alkanes of at least 4 members (excludes halogenated alkanes) is 6. The van der Waals surface area contributed by atoms with Gasteiger partial charge in [0.2, 0.25) is 0 Å². The Morgan fingerprint density at radius 1 is 1.00 bits per heavy atom. The van der Waals surface area contributed by atoms with Crippen LogP contribution in [0.5, 0.6) is 5.75 Å². The second-order valence-electron chi connectivity index (χ2n) is 12.3. The molecule has 1 aliphatic carbocycles. The standard InChI is InChI=1S/C26H39N3O.C9H17N.C3H7N/c1-6-9-10-11-12-13-14-15-26-27-20-24(28-26)23-18-22(16-17-29(4)8-3)21(7-2)19-25(23)30-5;1-2-10-7-5-9(3-4-9)6-8-10;1-3-4-2/h7,16-20H,2,6,8-15H2,1,3-5H3,(H,27,28);2-8H2,1H3;3-4H,1H2,2H3/b17-16-;;. The van der Waals surface area contributed by atoms with Gasteiger partial charge in [-0.15, -0.1) is 0 Å². The molecular formula is C38H63N5O. The van der Waals surface area contributed by atoms with Crippen LogP contribution >= 0.6 is 0 Å². The van der Waals surface area contributed by atoms with Crippen molar-refractivity contribution in [2.45, 2.75) is 97.8 Å². The van der Waals surface area contributed by atoms with Crippen LogP contribution in [0.4, 0.5) is 0 Å². The second-order valence-corrected chi connectivity index (χ2v) is 12.3. The fourth-order valence-electron chi connectivity index (χ4n) is 5.52. The molecule has 2 N–H and O–H groups in total. The summed E-state index contributed by atoms with van der Waals surface area (Å²) in [4.78, 5) is 12.8. The molecule has 0 radical (unpaired) electrons. The smallest absolute Gasteiger partial charge is 0.128 e. The van der Waals surface area contributed by atoms with E-state index in [2.05, 4.69) is 84.4 Å². The van der Waals surface area contributed by atoms with E-state index in [9.17, 15) is 0 Å². The first-order chi connectivity index (χ1) is 21.4. The number of methoxy groups -OCH3 is 1. The summed E-state index contributed by atoms with van der Waals surface area (Å²) in [6, 6.07) is 4.20. The lowest BCUT2D eigenvalue weighted by Crippen LogP contribution is -2.34. The number of aromatic nitrogens is 2. The molecule has 1 aromatic carbocycles. The van der Waals surface area contributed by atoms with Crippen molar-refractivity contribution < 1.29 is 4.74 Å². The summed E-state index contributed by atoms with van der Waals surface area (Å²) in [7, 11) is 5.59. The quantitative estimate of drug-likeness (QED) is 0.187. The Hall–Kier alpha value is -2.99. The highest BCUT2D eigenvalue weighted by atomic mass is 16.5. The van der Waals surface area contributed by atoms with E-state index in [-0.39, 0.29) is 0 Å². The van der Waals surface area contributed by atoms with Gasteiger partial charge in [-0.1, -0.05) is 71.6 Å². The average Bonchev–Trinajstić information content (AvgIpc) is 3.65. The molecule has 0 bridgehead atoms. The van der Waals surface area contributed by atoms with Crippen molar-refractivity contribution in [1.82, 2.24) is 25.1 Å². The van der Waals surface area contributed by atoms with Gasteiger partial charge in [-0.05, 0) is 106 Å². The summed E-state index contributed by atoms with van der Waals surface area (Å²) in [5.74, 6) is 1.88. The van der Waals surface area contributed by atoms with Crippen molar-refractivity contribution in [2.24, 2.45) is 5.41 Å². The summed E-state index contributed by atoms with van der Waals surface area (Å²) in [6.45, 7) is 19.0. The van der Waals surface area contributed by atoms with Gasteiger partial charge in [0.1, 0.15) is 11.6 Å². The Kier molecular flexibility index (Phi) is 17.6. The normalized spacial score (nSPS) is 15.1. The maximum Gasteiger partial charge on any atom is 0.128 e. The van der Waals surface area contributed by atoms with Gasteiger partial charge in [-0.2, -0.15) is 0 Å². The number of aromatic amines is 1. The van der Waals surface area contributed by atoms with Crippen molar-refractivity contribution in [3.8, 4) is 17.0 Å². The fourth-order valence-corrected chi connectivity index (χ4v) is 5.52. The zero-order chi connectivity index (χ0) is 32.2. The minimum atomic E-state index is 0.831. The first kappa shape index (κ1) is 37.2. The third-order valence-corrected chi connectivity index (χ3v) is 9.09. The van der Waals surface area contributed by atoms with Crippen molar-refractivity contribution in [1.29, 1.82) is 0 Å². The molecule has 2 aromatic rings. The van der Waals surface area contributed by atoms with Crippen LogP contribution in [-0.4, -0.2) is 67.2 Å². The number of nitrogens with zero attached hydrogens (tertiary/aromatic N) is 3. The predicted octanol–water partition coefficient (Wildman–Crippen LogP) is 9.18. The predicted molar refractivity (Wildman–Crippen MR) is 192 cm³/mol. The third-order valence-electron chi connectivity index (χ3n) is 9.09. The van der Waals surface area contributed by atoms with Gasteiger partial charge in [0.25, 0.3) is 0 Å². The monoisotopic (exact) mass is 606 g/mol. The lowest BCUT2D eigenvalue weighted by molar-refractivity contribution is 0.180. The first-order valence-electron chi connectivity index (χ1n) is 17.2. The van der Waals surface area contributed by atoms with Crippen LogP contribution < -0.4 is 10.1 Å². The molecule has 1 saturated heterocycles. The van der Waals surface area contributed by atoms with E-state index in [1.165, 1.54) is 90.3 Å². The molecule has 1 spiro atoms. The van der Waals surface area contributed by atoms with Gasteiger partial charge in [0.15, 0.2) is 0 Å². The molecule has 1 saturated carbocycles. The zero-order valence-electron chi connectivity index (χ0n) is 29.0. The van der Waals surface area contributed by atoms with Gasteiger partial charge in [0.05, 0.1) is 19.0 Å². The molecule has 2 fully saturated rings. The highest BCUT2D eigenvalue weighted by Gasteiger charge is 2.43. The van der Waals surface area contributed by atoms with Crippen LogP contribution in [-0.2, 0) is 6.42 Å². The summed E-state index contributed by atoms with van der Waals surface area (Å²) in [5, 5.41) is 2.69. The maximum atomic E-state index is 5.67. The minimum absolute atomic E-state index is 0.831. The average molecular weight is 606 g/mol. The Morgan fingerprint density at radius 2 is 1.66 bits per heavy atom. The molecule has 1 aromatic heterocycles. The van der Waals surface area contributed by atoms with E-state index >= 15 is 0 Å². The van der Waals surface area contributed by atoms with E-state index < -0.39 is 0 Å². The van der Waals surface area contributed by atoms with Crippen molar-refractivity contribution in [3.63, 3.8) is 0 Å². The number of H-pyrrole nitrogens is 1.